The molecule has 1 N–H and O–H groups in total. The van der Waals surface area contributed by atoms with Gasteiger partial charge in [0.2, 0.25) is 5.91 Å². The number of amides is 2. The highest BCUT2D eigenvalue weighted by atomic mass is 79.9. The number of nitrogens with one attached hydrogen (secondary N) is 1. The topological polar surface area (TPSA) is 49.4 Å². The van der Waals surface area contributed by atoms with Crippen LogP contribution in [-0.2, 0) is 9.59 Å². The van der Waals surface area contributed by atoms with Crippen molar-refractivity contribution < 1.29 is 9.59 Å². The number of rotatable bonds is 3. The Morgan fingerprint density at radius 2 is 2.00 bits per heavy atom. The van der Waals surface area contributed by atoms with Gasteiger partial charge in [-0.15, -0.1) is 0 Å². The van der Waals surface area contributed by atoms with E-state index in [1.165, 1.54) is 0 Å². The van der Waals surface area contributed by atoms with E-state index in [1.54, 1.807) is 11.0 Å². The molecule has 1 fully saturated rings. The van der Waals surface area contributed by atoms with E-state index < -0.39 is 5.54 Å². The number of hydrogen-bond acceptors (Lipinski definition) is 2. The standard InChI is InChI=1S/C15H18BrClN2O2/c1-3-15(4-2)14(21)19(8-7-13(20)18-15)12-9-10(16)5-6-11(12)17/h5-6,9H,3-4,7-8H2,1-2H3,(H,18,20). The summed E-state index contributed by atoms with van der Waals surface area (Å²) in [5.41, 5.74) is -0.210. The molecule has 0 bridgehead atoms. The van der Waals surface area contributed by atoms with Crippen molar-refractivity contribution in [3.05, 3.63) is 27.7 Å². The first kappa shape index (κ1) is 16.3. The second kappa shape index (κ2) is 6.36. The molecule has 1 heterocycles. The van der Waals surface area contributed by atoms with Crippen LogP contribution in [0.3, 0.4) is 0 Å². The predicted octanol–water partition coefficient (Wildman–Crippen LogP) is 3.51. The van der Waals surface area contributed by atoms with Crippen LogP contribution in [0, 0.1) is 0 Å². The maximum absolute atomic E-state index is 13.0. The largest absolute Gasteiger partial charge is 0.342 e. The highest BCUT2D eigenvalue weighted by molar-refractivity contribution is 9.10. The molecular weight excluding hydrogens is 356 g/mol. The summed E-state index contributed by atoms with van der Waals surface area (Å²) in [6.07, 6.45) is 1.38. The van der Waals surface area contributed by atoms with E-state index >= 15 is 0 Å². The molecule has 0 spiro atoms. The fraction of sp³-hybridized carbons (Fsp3) is 0.467. The molecule has 1 aliphatic heterocycles. The van der Waals surface area contributed by atoms with Gasteiger partial charge in [-0.05, 0) is 31.0 Å². The number of anilines is 1. The van der Waals surface area contributed by atoms with Gasteiger partial charge in [0.25, 0.3) is 5.91 Å². The maximum Gasteiger partial charge on any atom is 0.252 e. The molecule has 0 aromatic heterocycles. The van der Waals surface area contributed by atoms with Gasteiger partial charge >= 0.3 is 0 Å². The van der Waals surface area contributed by atoms with Crippen molar-refractivity contribution in [2.45, 2.75) is 38.6 Å². The molecule has 4 nitrogen and oxygen atoms in total. The first-order chi connectivity index (χ1) is 9.93. The van der Waals surface area contributed by atoms with Gasteiger partial charge in [-0.25, -0.2) is 0 Å². The Morgan fingerprint density at radius 3 is 2.62 bits per heavy atom. The van der Waals surface area contributed by atoms with Crippen LogP contribution in [0.4, 0.5) is 5.69 Å². The van der Waals surface area contributed by atoms with Gasteiger partial charge in [-0.2, -0.15) is 0 Å². The van der Waals surface area contributed by atoms with Crippen LogP contribution >= 0.6 is 27.5 Å². The van der Waals surface area contributed by atoms with E-state index in [1.807, 2.05) is 26.0 Å². The normalized spacial score (nSPS) is 18.4. The Morgan fingerprint density at radius 1 is 1.33 bits per heavy atom. The monoisotopic (exact) mass is 372 g/mol. The lowest BCUT2D eigenvalue weighted by Gasteiger charge is -2.34. The van der Waals surface area contributed by atoms with Crippen LogP contribution < -0.4 is 10.2 Å². The zero-order valence-corrected chi connectivity index (χ0v) is 14.4. The third-order valence-electron chi connectivity index (χ3n) is 4.00. The van der Waals surface area contributed by atoms with Crippen LogP contribution in [0.2, 0.25) is 5.02 Å². The van der Waals surface area contributed by atoms with E-state index in [4.69, 9.17) is 11.6 Å². The summed E-state index contributed by atoms with van der Waals surface area (Å²) in [6, 6.07) is 5.38. The van der Waals surface area contributed by atoms with Gasteiger partial charge in [0, 0.05) is 17.4 Å². The Bertz CT molecular complexity index is 573. The zero-order chi connectivity index (χ0) is 15.6. The minimum atomic E-state index is -0.848. The van der Waals surface area contributed by atoms with Gasteiger partial charge in [0.1, 0.15) is 5.54 Å². The number of halogens is 2. The molecule has 6 heteroatoms. The quantitative estimate of drug-likeness (QED) is 0.881. The van der Waals surface area contributed by atoms with Crippen LogP contribution in [0.5, 0.6) is 0 Å². The summed E-state index contributed by atoms with van der Waals surface area (Å²) >= 11 is 9.64. The first-order valence-corrected chi connectivity index (χ1v) is 8.18. The highest BCUT2D eigenvalue weighted by Crippen LogP contribution is 2.33. The molecule has 114 valence electrons. The van der Waals surface area contributed by atoms with Crippen molar-refractivity contribution in [3.63, 3.8) is 0 Å². The molecule has 1 aliphatic rings. The van der Waals surface area contributed by atoms with Crippen molar-refractivity contribution in [3.8, 4) is 0 Å². The lowest BCUT2D eigenvalue weighted by molar-refractivity contribution is -0.130. The van der Waals surface area contributed by atoms with E-state index in [2.05, 4.69) is 21.2 Å². The summed E-state index contributed by atoms with van der Waals surface area (Å²) in [5, 5.41) is 3.39. The molecule has 0 radical (unpaired) electrons. The molecule has 1 aromatic rings. The SMILES string of the molecule is CCC1(CC)NC(=O)CCN(c2cc(Br)ccc2Cl)C1=O. The van der Waals surface area contributed by atoms with E-state index in [-0.39, 0.29) is 18.2 Å². The second-order valence-corrected chi connectivity index (χ2v) is 6.46. The zero-order valence-electron chi connectivity index (χ0n) is 12.1. The van der Waals surface area contributed by atoms with Crippen LogP contribution in [0.15, 0.2) is 22.7 Å². The number of benzene rings is 1. The Hall–Kier alpha value is -1.07. The molecule has 1 aromatic carbocycles. The third kappa shape index (κ3) is 3.09. The Kier molecular flexibility index (Phi) is 4.94. The van der Waals surface area contributed by atoms with Crippen molar-refractivity contribution in [1.82, 2.24) is 5.32 Å². The van der Waals surface area contributed by atoms with E-state index in [0.29, 0.717) is 30.1 Å². The Balaban J connectivity index is 2.49. The third-order valence-corrected chi connectivity index (χ3v) is 4.81. The average Bonchev–Trinajstić information content (AvgIpc) is 2.59. The molecule has 1 saturated heterocycles. The van der Waals surface area contributed by atoms with E-state index in [0.717, 1.165) is 4.47 Å². The van der Waals surface area contributed by atoms with Crippen LogP contribution in [0.25, 0.3) is 0 Å². The number of carbonyl (C=O) groups is 2. The summed E-state index contributed by atoms with van der Waals surface area (Å²) in [6.45, 7) is 4.16. The van der Waals surface area contributed by atoms with Gasteiger partial charge in [0.15, 0.2) is 0 Å². The van der Waals surface area contributed by atoms with Crippen LogP contribution in [-0.4, -0.2) is 23.9 Å². The van der Waals surface area contributed by atoms with Crippen molar-refractivity contribution >= 4 is 45.0 Å². The molecule has 0 aliphatic carbocycles. The van der Waals surface area contributed by atoms with Crippen molar-refractivity contribution in [2.75, 3.05) is 11.4 Å². The van der Waals surface area contributed by atoms with E-state index in [9.17, 15) is 9.59 Å². The minimum absolute atomic E-state index is 0.0966. The number of hydrogen-bond donors (Lipinski definition) is 1. The smallest absolute Gasteiger partial charge is 0.252 e. The summed E-state index contributed by atoms with van der Waals surface area (Å²) in [5.74, 6) is -0.195. The Labute approximate surface area is 138 Å². The molecule has 21 heavy (non-hydrogen) atoms. The summed E-state index contributed by atoms with van der Waals surface area (Å²) in [4.78, 5) is 26.6. The van der Waals surface area contributed by atoms with Gasteiger partial charge in [-0.1, -0.05) is 41.4 Å². The fourth-order valence-electron chi connectivity index (χ4n) is 2.61. The predicted molar refractivity (Wildman–Crippen MR) is 87.6 cm³/mol. The van der Waals surface area contributed by atoms with Gasteiger partial charge in [0.05, 0.1) is 10.7 Å². The minimum Gasteiger partial charge on any atom is -0.342 e. The lowest BCUT2D eigenvalue weighted by atomic mass is 9.91. The molecule has 0 unspecified atom stereocenters. The molecule has 2 amide bonds. The number of nitrogens with zero attached hydrogens (tertiary/aromatic N) is 1. The molecular formula is C15H18BrClN2O2. The van der Waals surface area contributed by atoms with Gasteiger partial charge in [-0.3, -0.25) is 9.59 Å². The highest BCUT2D eigenvalue weighted by Gasteiger charge is 2.42. The second-order valence-electron chi connectivity index (χ2n) is 5.14. The lowest BCUT2D eigenvalue weighted by Crippen LogP contribution is -2.56. The number of carbonyl (C=O) groups excluding carboxylic acids is 2. The molecule has 0 saturated carbocycles. The summed E-state index contributed by atoms with van der Waals surface area (Å²) in [7, 11) is 0. The van der Waals surface area contributed by atoms with Crippen molar-refractivity contribution in [2.24, 2.45) is 0 Å². The average molecular weight is 374 g/mol. The maximum atomic E-state index is 13.0. The fourth-order valence-corrected chi connectivity index (χ4v) is 3.18. The first-order valence-electron chi connectivity index (χ1n) is 7.01. The van der Waals surface area contributed by atoms with Gasteiger partial charge < -0.3 is 10.2 Å². The van der Waals surface area contributed by atoms with Crippen LogP contribution in [0.1, 0.15) is 33.1 Å². The summed E-state index contributed by atoms with van der Waals surface area (Å²) < 4.78 is 0.844. The molecule has 0 atom stereocenters. The molecule has 2 rings (SSSR count). The van der Waals surface area contributed by atoms with Crippen molar-refractivity contribution in [1.29, 1.82) is 0 Å².